The monoisotopic (exact) mass is 287 g/mol. The van der Waals surface area contributed by atoms with Crippen molar-refractivity contribution < 1.29 is 26.7 Å². The van der Waals surface area contributed by atoms with Gasteiger partial charge in [-0.05, 0) is 0 Å². The number of nitrogens with one attached hydrogen (secondary N) is 1. The summed E-state index contributed by atoms with van der Waals surface area (Å²) in [5.41, 5.74) is 0. The molecule has 110 valence electrons. The normalized spacial score (nSPS) is 23.3. The van der Waals surface area contributed by atoms with Gasteiger partial charge >= 0.3 is 18.0 Å². The summed E-state index contributed by atoms with van der Waals surface area (Å²) in [7, 11) is 0. The van der Waals surface area contributed by atoms with Crippen molar-refractivity contribution in [1.29, 1.82) is 0 Å². The first-order valence-corrected chi connectivity index (χ1v) is 5.92. The lowest BCUT2D eigenvalue weighted by Crippen LogP contribution is -2.67. The van der Waals surface area contributed by atoms with E-state index in [2.05, 4.69) is 5.32 Å². The van der Waals surface area contributed by atoms with Gasteiger partial charge in [-0.15, -0.1) is 0 Å². The summed E-state index contributed by atoms with van der Waals surface area (Å²) in [5, 5.41) is 3.10. The minimum absolute atomic E-state index is 0.0650. The van der Waals surface area contributed by atoms with Crippen molar-refractivity contribution in [2.24, 2.45) is 0 Å². The zero-order valence-electron chi connectivity index (χ0n) is 10.0. The molecule has 2 fully saturated rings. The number of hydrogen-bond donors (Lipinski definition) is 1. The van der Waals surface area contributed by atoms with Gasteiger partial charge in [0.15, 0.2) is 0 Å². The van der Waals surface area contributed by atoms with Crippen LogP contribution in [0, 0.1) is 0 Å². The summed E-state index contributed by atoms with van der Waals surface area (Å²) in [5.74, 6) is -7.44. The Balaban J connectivity index is 1.88. The number of amides is 1. The number of nitrogens with zero attached hydrogens (tertiary/aromatic N) is 2. The molecule has 2 saturated heterocycles. The third-order valence-electron chi connectivity index (χ3n) is 3.44. The molecule has 0 aromatic carbocycles. The van der Waals surface area contributed by atoms with Crippen molar-refractivity contribution in [2.45, 2.75) is 18.1 Å². The van der Waals surface area contributed by atoms with Crippen LogP contribution in [0.15, 0.2) is 0 Å². The van der Waals surface area contributed by atoms with Gasteiger partial charge in [-0.1, -0.05) is 0 Å². The summed E-state index contributed by atoms with van der Waals surface area (Å²) in [6.45, 7) is 2.80. The zero-order valence-corrected chi connectivity index (χ0v) is 10.0. The van der Waals surface area contributed by atoms with Gasteiger partial charge in [-0.3, -0.25) is 9.69 Å². The van der Waals surface area contributed by atoms with Crippen LogP contribution in [0.2, 0.25) is 0 Å². The van der Waals surface area contributed by atoms with E-state index in [1.165, 1.54) is 0 Å². The third-order valence-corrected chi connectivity index (χ3v) is 3.44. The standard InChI is InChI=1S/C10H14F5N3O/c11-9(12,10(13,14)15)8(19)18-5-7(6-18)17-3-1-16-2-4-17/h7,16H,1-6H2. The summed E-state index contributed by atoms with van der Waals surface area (Å²) < 4.78 is 61.8. The maximum absolute atomic E-state index is 12.8. The van der Waals surface area contributed by atoms with Gasteiger partial charge in [0.05, 0.1) is 0 Å². The molecule has 0 aliphatic carbocycles. The number of rotatable bonds is 2. The molecule has 19 heavy (non-hydrogen) atoms. The lowest BCUT2D eigenvalue weighted by molar-refractivity contribution is -0.276. The van der Waals surface area contributed by atoms with E-state index in [1.807, 2.05) is 4.90 Å². The van der Waals surface area contributed by atoms with Crippen LogP contribution >= 0.6 is 0 Å². The number of hydrogen-bond acceptors (Lipinski definition) is 3. The van der Waals surface area contributed by atoms with Crippen molar-refractivity contribution in [2.75, 3.05) is 39.3 Å². The molecule has 0 aromatic rings. The Labute approximate surface area is 106 Å². The van der Waals surface area contributed by atoms with Crippen LogP contribution < -0.4 is 5.32 Å². The molecular formula is C10H14F5N3O. The Bertz CT molecular complexity index is 348. The number of alkyl halides is 5. The van der Waals surface area contributed by atoms with Gasteiger partial charge in [0.1, 0.15) is 0 Å². The molecule has 0 aromatic heterocycles. The number of carbonyl (C=O) groups is 1. The molecule has 1 N–H and O–H groups in total. The molecule has 2 aliphatic rings. The summed E-state index contributed by atoms with van der Waals surface area (Å²) in [6.07, 6.45) is -5.83. The Morgan fingerprint density at radius 1 is 1.05 bits per heavy atom. The van der Waals surface area contributed by atoms with Gasteiger partial charge in [0.2, 0.25) is 0 Å². The Hall–Kier alpha value is -0.960. The van der Waals surface area contributed by atoms with E-state index >= 15 is 0 Å². The highest BCUT2D eigenvalue weighted by molar-refractivity contribution is 5.85. The SMILES string of the molecule is O=C(N1CC(N2CCNCC2)C1)C(F)(F)C(F)(F)F. The molecule has 0 spiro atoms. The third kappa shape index (κ3) is 2.66. The van der Waals surface area contributed by atoms with Gasteiger partial charge in [-0.25, -0.2) is 0 Å². The first-order chi connectivity index (χ1) is 8.73. The maximum atomic E-state index is 12.8. The Morgan fingerprint density at radius 2 is 1.58 bits per heavy atom. The lowest BCUT2D eigenvalue weighted by atomic mass is 10.0. The Kier molecular flexibility index (Phi) is 3.69. The van der Waals surface area contributed by atoms with Crippen molar-refractivity contribution in [3.05, 3.63) is 0 Å². The van der Waals surface area contributed by atoms with Crippen LogP contribution in [0.3, 0.4) is 0 Å². The minimum atomic E-state index is -5.83. The molecule has 0 saturated carbocycles. The van der Waals surface area contributed by atoms with Gasteiger partial charge in [-0.2, -0.15) is 22.0 Å². The fourth-order valence-corrected chi connectivity index (χ4v) is 2.22. The molecule has 4 nitrogen and oxygen atoms in total. The number of likely N-dealkylation sites (tertiary alicyclic amines) is 1. The number of carbonyl (C=O) groups excluding carboxylic acids is 1. The molecule has 0 atom stereocenters. The summed E-state index contributed by atoms with van der Waals surface area (Å²) in [4.78, 5) is 13.7. The van der Waals surface area contributed by atoms with Crippen LogP contribution in [0.5, 0.6) is 0 Å². The Morgan fingerprint density at radius 3 is 2.05 bits per heavy atom. The van der Waals surface area contributed by atoms with Crippen LogP contribution in [0.25, 0.3) is 0 Å². The van der Waals surface area contributed by atoms with E-state index in [0.717, 1.165) is 13.1 Å². The number of halogens is 5. The molecule has 2 heterocycles. The van der Waals surface area contributed by atoms with E-state index in [4.69, 9.17) is 0 Å². The van der Waals surface area contributed by atoms with E-state index in [0.29, 0.717) is 18.0 Å². The van der Waals surface area contributed by atoms with Crippen LogP contribution in [0.1, 0.15) is 0 Å². The van der Waals surface area contributed by atoms with Crippen molar-refractivity contribution in [3.8, 4) is 0 Å². The molecule has 1 amide bonds. The van der Waals surface area contributed by atoms with Crippen molar-refractivity contribution in [3.63, 3.8) is 0 Å². The first-order valence-electron chi connectivity index (χ1n) is 5.92. The smallest absolute Gasteiger partial charge is 0.334 e. The minimum Gasteiger partial charge on any atom is -0.334 e. The molecule has 2 aliphatic heterocycles. The second-order valence-electron chi connectivity index (χ2n) is 4.72. The number of piperazine rings is 1. The van der Waals surface area contributed by atoms with Gasteiger partial charge in [0, 0.05) is 45.3 Å². The second-order valence-corrected chi connectivity index (χ2v) is 4.72. The maximum Gasteiger partial charge on any atom is 0.463 e. The molecule has 0 bridgehead atoms. The van der Waals surface area contributed by atoms with E-state index in [9.17, 15) is 26.7 Å². The predicted molar refractivity (Wildman–Crippen MR) is 55.8 cm³/mol. The van der Waals surface area contributed by atoms with E-state index in [1.54, 1.807) is 0 Å². The van der Waals surface area contributed by atoms with E-state index in [-0.39, 0.29) is 19.1 Å². The molecule has 0 unspecified atom stereocenters. The van der Waals surface area contributed by atoms with Crippen LogP contribution in [0.4, 0.5) is 22.0 Å². The molecule has 2 rings (SSSR count). The fraction of sp³-hybridized carbons (Fsp3) is 0.900. The predicted octanol–water partition coefficient (Wildman–Crippen LogP) is 0.300. The second kappa shape index (κ2) is 4.86. The largest absolute Gasteiger partial charge is 0.463 e. The first kappa shape index (κ1) is 14.4. The summed E-state index contributed by atoms with van der Waals surface area (Å²) >= 11 is 0. The van der Waals surface area contributed by atoms with Gasteiger partial charge in [0.25, 0.3) is 0 Å². The summed E-state index contributed by atoms with van der Waals surface area (Å²) in [6, 6.07) is -0.116. The van der Waals surface area contributed by atoms with Crippen molar-refractivity contribution >= 4 is 5.91 Å². The highest BCUT2D eigenvalue weighted by Gasteiger charge is 2.65. The topological polar surface area (TPSA) is 35.6 Å². The molecule has 9 heteroatoms. The molecular weight excluding hydrogens is 273 g/mol. The fourth-order valence-electron chi connectivity index (χ4n) is 2.22. The van der Waals surface area contributed by atoms with Crippen LogP contribution in [-0.4, -0.2) is 73.1 Å². The average Bonchev–Trinajstić information content (AvgIpc) is 2.26. The van der Waals surface area contributed by atoms with Crippen LogP contribution in [-0.2, 0) is 4.79 Å². The molecule has 0 radical (unpaired) electrons. The zero-order chi connectivity index (χ0) is 14.3. The quantitative estimate of drug-likeness (QED) is 0.742. The average molecular weight is 287 g/mol. The van der Waals surface area contributed by atoms with E-state index < -0.39 is 18.0 Å². The highest BCUT2D eigenvalue weighted by atomic mass is 19.4. The highest BCUT2D eigenvalue weighted by Crippen LogP contribution is 2.38. The van der Waals surface area contributed by atoms with Gasteiger partial charge < -0.3 is 10.2 Å². The van der Waals surface area contributed by atoms with Crippen molar-refractivity contribution in [1.82, 2.24) is 15.1 Å². The lowest BCUT2D eigenvalue weighted by Gasteiger charge is -2.47.